The lowest BCUT2D eigenvalue weighted by Crippen LogP contribution is -2.25. The van der Waals surface area contributed by atoms with E-state index in [9.17, 15) is 9.59 Å². The van der Waals surface area contributed by atoms with E-state index in [1.165, 1.54) is 5.56 Å². The summed E-state index contributed by atoms with van der Waals surface area (Å²) in [5.41, 5.74) is 4.53. The Morgan fingerprint density at radius 1 is 0.956 bits per heavy atom. The number of esters is 2. The molecule has 45 heavy (non-hydrogen) atoms. The number of cyclic esters (lactones) is 1. The van der Waals surface area contributed by atoms with Crippen molar-refractivity contribution < 1.29 is 28.6 Å². The van der Waals surface area contributed by atoms with Crippen molar-refractivity contribution in [2.45, 2.75) is 86.2 Å². The van der Waals surface area contributed by atoms with Gasteiger partial charge in [-0.2, -0.15) is 0 Å². The van der Waals surface area contributed by atoms with Crippen LogP contribution in [-0.2, 0) is 19.1 Å². The molecular weight excluding hydrogens is 564 g/mol. The Balaban J connectivity index is 0.00000271. The summed E-state index contributed by atoms with van der Waals surface area (Å²) in [5, 5.41) is 7.94. The smallest absolute Gasteiger partial charge is 0.334 e. The first-order chi connectivity index (χ1) is 21.5. The molecule has 6 nitrogen and oxygen atoms in total. The van der Waals surface area contributed by atoms with E-state index in [0.717, 1.165) is 54.2 Å². The molecule has 0 aliphatic carbocycles. The molecule has 0 amide bonds. The summed E-state index contributed by atoms with van der Waals surface area (Å²) in [5.74, 6) is 7.70. The minimum Gasteiger partial charge on any atom is -0.462 e. The van der Waals surface area contributed by atoms with Gasteiger partial charge in [0.2, 0.25) is 0 Å². The fraction of sp³-hybridized carbons (Fsp3) is 0.487. The number of aliphatic hydroxyl groups excluding tert-OH is 1. The Morgan fingerprint density at radius 2 is 1.58 bits per heavy atom. The normalized spacial score (nSPS) is 16.8. The van der Waals surface area contributed by atoms with Crippen LogP contribution in [0.5, 0.6) is 0 Å². The molecule has 0 radical (unpaired) electrons. The number of aryl methyl sites for hydroxylation is 1. The molecule has 4 rings (SSSR count). The van der Waals surface area contributed by atoms with Gasteiger partial charge in [-0.05, 0) is 80.3 Å². The Hall–Kier alpha value is -3.82. The summed E-state index contributed by atoms with van der Waals surface area (Å²) in [6.07, 6.45) is 5.24. The van der Waals surface area contributed by atoms with Crippen molar-refractivity contribution in [3.8, 4) is 11.8 Å². The number of ether oxygens (including phenoxy) is 2. The summed E-state index contributed by atoms with van der Waals surface area (Å²) in [6.45, 7) is 14.9. The first-order valence-corrected chi connectivity index (χ1v) is 16.1. The van der Waals surface area contributed by atoms with Gasteiger partial charge in [-0.3, -0.25) is 4.79 Å². The van der Waals surface area contributed by atoms with Crippen LogP contribution in [0.2, 0.25) is 0 Å². The van der Waals surface area contributed by atoms with E-state index >= 15 is 0 Å². The average molecular weight is 615 g/mol. The van der Waals surface area contributed by atoms with E-state index in [2.05, 4.69) is 58.6 Å². The number of carbonyl (C=O) groups excluding carboxylic acids is 2. The Kier molecular flexibility index (Phi) is 13.5. The van der Waals surface area contributed by atoms with E-state index in [-0.39, 0.29) is 24.5 Å². The van der Waals surface area contributed by atoms with E-state index in [0.29, 0.717) is 29.7 Å². The third kappa shape index (κ3) is 10.6. The van der Waals surface area contributed by atoms with Crippen molar-refractivity contribution in [2.75, 3.05) is 13.7 Å². The lowest BCUT2D eigenvalue weighted by molar-refractivity contribution is -0.155. The summed E-state index contributed by atoms with van der Waals surface area (Å²) in [4.78, 5) is 25.5. The minimum absolute atomic E-state index is 0.0591. The van der Waals surface area contributed by atoms with Crippen LogP contribution in [0.3, 0.4) is 0 Å². The van der Waals surface area contributed by atoms with Gasteiger partial charge in [0, 0.05) is 41.5 Å². The van der Waals surface area contributed by atoms with E-state index < -0.39 is 12.0 Å². The van der Waals surface area contributed by atoms with Crippen molar-refractivity contribution in [1.82, 2.24) is 0 Å². The number of furan rings is 1. The van der Waals surface area contributed by atoms with Gasteiger partial charge in [0.05, 0.1) is 5.92 Å². The highest BCUT2D eigenvalue weighted by atomic mass is 16.6. The van der Waals surface area contributed by atoms with Crippen molar-refractivity contribution in [1.29, 1.82) is 0 Å². The van der Waals surface area contributed by atoms with Gasteiger partial charge in [0.1, 0.15) is 24.1 Å². The van der Waals surface area contributed by atoms with Crippen molar-refractivity contribution in [3.63, 3.8) is 0 Å². The van der Waals surface area contributed by atoms with Gasteiger partial charge in [-0.25, -0.2) is 4.79 Å². The zero-order chi connectivity index (χ0) is 33.1. The second-order valence-corrected chi connectivity index (χ2v) is 13.0. The fourth-order valence-corrected chi connectivity index (χ4v) is 5.69. The van der Waals surface area contributed by atoms with E-state index in [1.807, 2.05) is 56.3 Å². The number of allylic oxidation sites excluding steroid dienone is 1. The molecule has 1 aliphatic rings. The minimum atomic E-state index is -0.440. The number of hydrogen-bond donors (Lipinski definition) is 1. The van der Waals surface area contributed by atoms with Crippen LogP contribution < -0.4 is 0 Å². The van der Waals surface area contributed by atoms with Crippen LogP contribution in [0.15, 0.2) is 64.6 Å². The number of hydrogen-bond acceptors (Lipinski definition) is 6. The molecule has 0 saturated carbocycles. The number of carbonyl (C=O) groups is 2. The maximum Gasteiger partial charge on any atom is 0.334 e. The first kappa shape index (κ1) is 35.7. The predicted molar refractivity (Wildman–Crippen MR) is 180 cm³/mol. The zero-order valence-corrected chi connectivity index (χ0v) is 28.2. The largest absolute Gasteiger partial charge is 0.462 e. The lowest BCUT2D eigenvalue weighted by atomic mass is 9.86. The number of aliphatic hydroxyl groups is 1. The Morgan fingerprint density at radius 3 is 2.22 bits per heavy atom. The highest BCUT2D eigenvalue weighted by Gasteiger charge is 2.32. The van der Waals surface area contributed by atoms with Crippen molar-refractivity contribution in [3.05, 3.63) is 82.6 Å². The maximum atomic E-state index is 13.0. The highest BCUT2D eigenvalue weighted by Crippen LogP contribution is 2.32. The fourth-order valence-electron chi connectivity index (χ4n) is 5.69. The molecule has 0 spiro atoms. The second-order valence-electron chi connectivity index (χ2n) is 13.0. The molecule has 2 heterocycles. The molecule has 2 aromatic carbocycles. The van der Waals surface area contributed by atoms with Gasteiger partial charge in [-0.1, -0.05) is 77.2 Å². The first-order valence-electron chi connectivity index (χ1n) is 16.1. The third-order valence-corrected chi connectivity index (χ3v) is 8.21. The van der Waals surface area contributed by atoms with Crippen molar-refractivity contribution in [2.24, 2.45) is 23.7 Å². The van der Waals surface area contributed by atoms with Crippen LogP contribution >= 0.6 is 0 Å². The summed E-state index contributed by atoms with van der Waals surface area (Å²) in [7, 11) is 1.00. The molecule has 6 heteroatoms. The van der Waals surface area contributed by atoms with Crippen LogP contribution in [0.4, 0.5) is 0 Å². The molecule has 1 fully saturated rings. The molecule has 242 valence electrons. The number of benzene rings is 2. The molecule has 3 atom stereocenters. The van der Waals surface area contributed by atoms with Gasteiger partial charge in [-0.15, -0.1) is 0 Å². The molecule has 1 aliphatic heterocycles. The summed E-state index contributed by atoms with van der Waals surface area (Å²) >= 11 is 0. The molecular formula is C39H50O6. The Labute approximate surface area is 269 Å². The summed E-state index contributed by atoms with van der Waals surface area (Å²) < 4.78 is 17.3. The maximum absolute atomic E-state index is 13.0. The van der Waals surface area contributed by atoms with Crippen LogP contribution in [0.1, 0.15) is 95.6 Å². The SMILES string of the molecule is CO.Cc1ccc(C#Cc2ccc3oc(C(C)C(C)C(=O)OCC4C/C(=C\CC(CC(C)C)CC(C)C)C(=O)O4)cc3c2)cc1. The monoisotopic (exact) mass is 614 g/mol. The molecule has 1 saturated heterocycles. The topological polar surface area (TPSA) is 86.0 Å². The van der Waals surface area contributed by atoms with Crippen LogP contribution in [0.25, 0.3) is 11.0 Å². The third-order valence-electron chi connectivity index (χ3n) is 8.21. The predicted octanol–water partition coefficient (Wildman–Crippen LogP) is 8.37. The highest BCUT2D eigenvalue weighted by molar-refractivity contribution is 5.90. The molecule has 1 N–H and O–H groups in total. The quantitative estimate of drug-likeness (QED) is 0.133. The van der Waals surface area contributed by atoms with Crippen LogP contribution in [0, 0.1) is 42.4 Å². The van der Waals surface area contributed by atoms with Gasteiger partial charge >= 0.3 is 11.9 Å². The van der Waals surface area contributed by atoms with Crippen LogP contribution in [-0.4, -0.2) is 36.9 Å². The number of rotatable bonds is 11. The zero-order valence-electron chi connectivity index (χ0n) is 28.2. The van der Waals surface area contributed by atoms with E-state index in [1.54, 1.807) is 0 Å². The second kappa shape index (κ2) is 17.0. The van der Waals surface area contributed by atoms with Gasteiger partial charge in [0.15, 0.2) is 0 Å². The molecule has 3 aromatic rings. The molecule has 3 unspecified atom stereocenters. The standard InChI is InChI=1S/C38H46O5.CH4O/c1-24(2)18-31(19-25(3)4)14-16-32-21-34(42-38(32)40)23-41-37(39)28(7)27(6)36-22-33-20-30(15-17-35(33)43-36)13-12-29-10-8-26(5)9-11-29;1-2/h8-11,15-17,20,22,24-25,27-28,31,34H,14,18-19,21,23H2,1-7H3;2H,1H3/b32-16+;. The van der Waals surface area contributed by atoms with E-state index in [4.69, 9.17) is 19.0 Å². The lowest BCUT2D eigenvalue weighted by Gasteiger charge is -2.19. The van der Waals surface area contributed by atoms with Gasteiger partial charge < -0.3 is 19.0 Å². The number of fused-ring (bicyclic) bond motifs is 1. The van der Waals surface area contributed by atoms with Gasteiger partial charge in [0.25, 0.3) is 0 Å². The molecule has 0 bridgehead atoms. The average Bonchev–Trinajstić information content (AvgIpc) is 3.60. The molecule has 1 aromatic heterocycles. The Bertz CT molecular complexity index is 1490. The van der Waals surface area contributed by atoms with Crippen molar-refractivity contribution >= 4 is 22.9 Å². The summed E-state index contributed by atoms with van der Waals surface area (Å²) in [6, 6.07) is 16.0.